The van der Waals surface area contributed by atoms with Gasteiger partial charge in [-0.2, -0.15) is 0 Å². The van der Waals surface area contributed by atoms with Crippen LogP contribution in [0.1, 0.15) is 19.3 Å². The van der Waals surface area contributed by atoms with Crippen LogP contribution in [0.2, 0.25) is 0 Å². The first-order valence-corrected chi connectivity index (χ1v) is 8.50. The summed E-state index contributed by atoms with van der Waals surface area (Å²) in [7, 11) is 0. The van der Waals surface area contributed by atoms with Crippen molar-refractivity contribution < 1.29 is 4.39 Å². The van der Waals surface area contributed by atoms with E-state index in [9.17, 15) is 4.39 Å². The lowest BCUT2D eigenvalue weighted by Gasteiger charge is -2.33. The Bertz CT molecular complexity index is 688. The highest BCUT2D eigenvalue weighted by atomic mass is 19.1. The Morgan fingerprint density at radius 1 is 1.00 bits per heavy atom. The summed E-state index contributed by atoms with van der Waals surface area (Å²) < 4.78 is 14.1. The third kappa shape index (κ3) is 2.95. The highest BCUT2D eigenvalue weighted by Gasteiger charge is 2.27. The van der Waals surface area contributed by atoms with Gasteiger partial charge in [-0.1, -0.05) is 18.2 Å². The molecule has 4 heteroatoms. The molecule has 2 saturated heterocycles. The van der Waals surface area contributed by atoms with Crippen LogP contribution >= 0.6 is 0 Å². The Hall–Kier alpha value is -1.94. The fraction of sp³-hybridized carbons (Fsp3) is 0.421. The van der Waals surface area contributed by atoms with Gasteiger partial charge >= 0.3 is 0 Å². The van der Waals surface area contributed by atoms with E-state index in [1.165, 1.54) is 38.4 Å². The molecule has 2 bridgehead atoms. The van der Waals surface area contributed by atoms with Gasteiger partial charge in [-0.25, -0.2) is 4.39 Å². The monoisotopic (exact) mass is 311 g/mol. The van der Waals surface area contributed by atoms with Gasteiger partial charge in [-0.15, -0.1) is 0 Å². The molecule has 2 aliphatic heterocycles. The number of aromatic nitrogens is 1. The number of anilines is 1. The number of fused-ring (bicyclic) bond motifs is 3. The second-order valence-electron chi connectivity index (χ2n) is 6.53. The topological polar surface area (TPSA) is 19.4 Å². The van der Waals surface area contributed by atoms with Crippen molar-refractivity contribution in [2.24, 2.45) is 0 Å². The molecule has 2 aromatic rings. The molecule has 2 aliphatic rings. The molecule has 23 heavy (non-hydrogen) atoms. The van der Waals surface area contributed by atoms with E-state index in [-0.39, 0.29) is 5.82 Å². The lowest BCUT2D eigenvalue weighted by Crippen LogP contribution is -2.39. The minimum Gasteiger partial charge on any atom is -0.366 e. The zero-order chi connectivity index (χ0) is 15.6. The van der Waals surface area contributed by atoms with Crippen LogP contribution < -0.4 is 4.90 Å². The fourth-order valence-corrected chi connectivity index (χ4v) is 3.87. The van der Waals surface area contributed by atoms with E-state index in [0.717, 1.165) is 24.3 Å². The number of hydrogen-bond acceptors (Lipinski definition) is 3. The normalized spacial score (nSPS) is 24.3. The molecule has 0 radical (unpaired) electrons. The minimum absolute atomic E-state index is 0.189. The van der Waals surface area contributed by atoms with Crippen molar-refractivity contribution >= 4 is 5.69 Å². The third-order valence-electron chi connectivity index (χ3n) is 5.13. The zero-order valence-corrected chi connectivity index (χ0v) is 13.3. The molecule has 4 rings (SSSR count). The number of rotatable bonds is 2. The molecule has 3 heterocycles. The average molecular weight is 311 g/mol. The van der Waals surface area contributed by atoms with Crippen molar-refractivity contribution in [1.82, 2.24) is 9.88 Å². The Morgan fingerprint density at radius 2 is 1.91 bits per heavy atom. The maximum Gasteiger partial charge on any atom is 0.131 e. The van der Waals surface area contributed by atoms with Gasteiger partial charge in [0.05, 0.1) is 11.9 Å². The van der Waals surface area contributed by atoms with Crippen LogP contribution in [0.25, 0.3) is 11.1 Å². The van der Waals surface area contributed by atoms with Crippen LogP contribution in [0, 0.1) is 5.82 Å². The predicted octanol–water partition coefficient (Wildman–Crippen LogP) is 3.56. The van der Waals surface area contributed by atoms with Crippen molar-refractivity contribution in [3.63, 3.8) is 0 Å². The highest BCUT2D eigenvalue weighted by Crippen LogP contribution is 2.30. The van der Waals surface area contributed by atoms with E-state index in [1.54, 1.807) is 12.3 Å². The summed E-state index contributed by atoms with van der Waals surface area (Å²) in [5.41, 5.74) is 2.61. The first kappa shape index (κ1) is 14.6. The van der Waals surface area contributed by atoms with E-state index < -0.39 is 0 Å². The predicted molar refractivity (Wildman–Crippen MR) is 91.1 cm³/mol. The molecule has 1 aromatic heterocycles. The van der Waals surface area contributed by atoms with Gasteiger partial charge < -0.3 is 9.80 Å². The van der Waals surface area contributed by atoms with Gasteiger partial charge in [-0.05, 0) is 37.9 Å². The number of halogens is 1. The molecule has 3 nitrogen and oxygen atoms in total. The molecule has 2 fully saturated rings. The molecule has 0 N–H and O–H groups in total. The van der Waals surface area contributed by atoms with Crippen LogP contribution in [0.5, 0.6) is 0 Å². The standard InChI is InChI=1S/C19H22FN3/c20-19-6-2-1-5-18(19)15-12-17(14-21-13-15)23-11-10-22-8-3-4-16(23)7-9-22/h1-2,5-6,12-14,16H,3-4,7-11H2. The Balaban J connectivity index is 1.67. The summed E-state index contributed by atoms with van der Waals surface area (Å²) in [5, 5.41) is 0. The van der Waals surface area contributed by atoms with Crippen molar-refractivity contribution in [2.75, 3.05) is 31.1 Å². The summed E-state index contributed by atoms with van der Waals surface area (Å²) >= 11 is 0. The summed E-state index contributed by atoms with van der Waals surface area (Å²) in [5.74, 6) is -0.189. The van der Waals surface area contributed by atoms with Crippen LogP contribution in [-0.4, -0.2) is 42.1 Å². The van der Waals surface area contributed by atoms with Gasteiger partial charge in [0.1, 0.15) is 5.82 Å². The number of pyridine rings is 1. The lowest BCUT2D eigenvalue weighted by atomic mass is 10.0. The van der Waals surface area contributed by atoms with Crippen molar-refractivity contribution in [1.29, 1.82) is 0 Å². The average Bonchev–Trinajstić information content (AvgIpc) is 2.91. The highest BCUT2D eigenvalue weighted by molar-refractivity contribution is 5.67. The van der Waals surface area contributed by atoms with Crippen molar-refractivity contribution in [2.45, 2.75) is 25.3 Å². The molecule has 120 valence electrons. The molecule has 2 atom stereocenters. The van der Waals surface area contributed by atoms with Crippen LogP contribution in [0.15, 0.2) is 42.7 Å². The van der Waals surface area contributed by atoms with E-state index in [1.807, 2.05) is 18.3 Å². The Morgan fingerprint density at radius 3 is 2.83 bits per heavy atom. The lowest BCUT2D eigenvalue weighted by molar-refractivity contribution is 0.298. The second kappa shape index (κ2) is 6.28. The Labute approximate surface area is 136 Å². The first-order valence-electron chi connectivity index (χ1n) is 8.50. The maximum absolute atomic E-state index is 14.1. The Kier molecular flexibility index (Phi) is 4.00. The quantitative estimate of drug-likeness (QED) is 0.845. The van der Waals surface area contributed by atoms with Gasteiger partial charge in [-0.3, -0.25) is 4.98 Å². The van der Waals surface area contributed by atoms with Gasteiger partial charge in [0.2, 0.25) is 0 Å². The van der Waals surface area contributed by atoms with E-state index >= 15 is 0 Å². The summed E-state index contributed by atoms with van der Waals surface area (Å²) in [6.45, 7) is 4.58. The second-order valence-corrected chi connectivity index (χ2v) is 6.53. The third-order valence-corrected chi connectivity index (χ3v) is 5.13. The largest absolute Gasteiger partial charge is 0.366 e. The molecular formula is C19H22FN3. The number of nitrogens with zero attached hydrogens (tertiary/aromatic N) is 3. The summed E-state index contributed by atoms with van der Waals surface area (Å²) in [4.78, 5) is 9.44. The van der Waals surface area contributed by atoms with Gasteiger partial charge in [0.15, 0.2) is 0 Å². The molecular weight excluding hydrogens is 289 g/mol. The zero-order valence-electron chi connectivity index (χ0n) is 13.3. The van der Waals surface area contributed by atoms with Crippen LogP contribution in [0.3, 0.4) is 0 Å². The molecule has 1 aromatic carbocycles. The van der Waals surface area contributed by atoms with Crippen LogP contribution in [0.4, 0.5) is 10.1 Å². The molecule has 0 amide bonds. The SMILES string of the molecule is Fc1ccccc1-c1cncc(N2CCN3CCCC2CC3)c1. The van der Waals surface area contributed by atoms with Crippen molar-refractivity contribution in [3.8, 4) is 11.1 Å². The number of benzene rings is 1. The first-order chi connectivity index (χ1) is 11.3. The van der Waals surface area contributed by atoms with E-state index in [4.69, 9.17) is 0 Å². The molecule has 0 saturated carbocycles. The molecule has 0 spiro atoms. The minimum atomic E-state index is -0.189. The fourth-order valence-electron chi connectivity index (χ4n) is 3.87. The van der Waals surface area contributed by atoms with Gasteiger partial charge in [0, 0.05) is 43.0 Å². The smallest absolute Gasteiger partial charge is 0.131 e. The maximum atomic E-state index is 14.1. The van der Waals surface area contributed by atoms with E-state index in [0.29, 0.717) is 11.6 Å². The van der Waals surface area contributed by atoms with E-state index in [2.05, 4.69) is 20.9 Å². The summed E-state index contributed by atoms with van der Waals surface area (Å²) in [6, 6.07) is 9.60. The van der Waals surface area contributed by atoms with Gasteiger partial charge in [0.25, 0.3) is 0 Å². The molecule has 2 unspecified atom stereocenters. The summed E-state index contributed by atoms with van der Waals surface area (Å²) in [6.07, 6.45) is 7.40. The number of hydrogen-bond donors (Lipinski definition) is 0. The van der Waals surface area contributed by atoms with Crippen LogP contribution in [-0.2, 0) is 0 Å². The van der Waals surface area contributed by atoms with Crippen molar-refractivity contribution in [3.05, 3.63) is 48.5 Å². The molecule has 0 aliphatic carbocycles.